The number of pyridine rings is 1. The van der Waals surface area contributed by atoms with E-state index < -0.39 is 0 Å². The van der Waals surface area contributed by atoms with E-state index in [2.05, 4.69) is 22.0 Å². The van der Waals surface area contributed by atoms with Crippen LogP contribution >= 0.6 is 0 Å². The van der Waals surface area contributed by atoms with Crippen LogP contribution in [-0.2, 0) is 22.6 Å². The second kappa shape index (κ2) is 8.71. The Bertz CT molecular complexity index is 761. The fourth-order valence-corrected chi connectivity index (χ4v) is 4.10. The van der Waals surface area contributed by atoms with Gasteiger partial charge in [-0.1, -0.05) is 30.3 Å². The molecule has 0 aliphatic carbocycles. The highest BCUT2D eigenvalue weighted by Crippen LogP contribution is 2.33. The molecule has 2 aromatic rings. The van der Waals surface area contributed by atoms with Crippen molar-refractivity contribution in [1.82, 2.24) is 14.8 Å². The summed E-state index contributed by atoms with van der Waals surface area (Å²) in [5.74, 6) is 0. The van der Waals surface area contributed by atoms with Gasteiger partial charge < -0.3 is 9.47 Å². The lowest BCUT2D eigenvalue weighted by molar-refractivity contribution is -0.0871. The van der Waals surface area contributed by atoms with E-state index >= 15 is 0 Å². The number of amides is 1. The predicted molar refractivity (Wildman–Crippen MR) is 106 cm³/mol. The van der Waals surface area contributed by atoms with Crippen LogP contribution in [-0.4, -0.2) is 59.3 Å². The molecule has 1 aromatic carbocycles. The summed E-state index contributed by atoms with van der Waals surface area (Å²) in [6.45, 7) is 4.86. The molecular formula is C22H27N3O3. The highest BCUT2D eigenvalue weighted by molar-refractivity contribution is 5.69. The van der Waals surface area contributed by atoms with Gasteiger partial charge in [0.1, 0.15) is 6.61 Å². The Hall–Kier alpha value is -2.44. The van der Waals surface area contributed by atoms with Gasteiger partial charge in [-0.05, 0) is 36.1 Å². The molecule has 2 fully saturated rings. The number of hydrogen-bond acceptors (Lipinski definition) is 5. The van der Waals surface area contributed by atoms with Crippen molar-refractivity contribution in [3.8, 4) is 0 Å². The summed E-state index contributed by atoms with van der Waals surface area (Å²) in [4.78, 5) is 21.3. The molecule has 2 aliphatic heterocycles. The molecule has 0 atom stereocenters. The topological polar surface area (TPSA) is 54.9 Å². The summed E-state index contributed by atoms with van der Waals surface area (Å²) in [7, 11) is 0. The second-order valence-corrected chi connectivity index (χ2v) is 7.60. The van der Waals surface area contributed by atoms with Crippen LogP contribution < -0.4 is 0 Å². The molecule has 0 N–H and O–H groups in total. The van der Waals surface area contributed by atoms with Crippen molar-refractivity contribution in [2.45, 2.75) is 31.5 Å². The Morgan fingerprint density at radius 2 is 1.79 bits per heavy atom. The van der Waals surface area contributed by atoms with Crippen molar-refractivity contribution in [1.29, 1.82) is 0 Å². The van der Waals surface area contributed by atoms with Crippen LogP contribution in [0.4, 0.5) is 4.79 Å². The first-order chi connectivity index (χ1) is 13.8. The molecule has 6 heteroatoms. The maximum Gasteiger partial charge on any atom is 0.410 e. The highest BCUT2D eigenvalue weighted by Gasteiger charge is 2.45. The number of hydrogen-bond donors (Lipinski definition) is 0. The average Bonchev–Trinajstić information content (AvgIpc) is 2.76. The van der Waals surface area contributed by atoms with Gasteiger partial charge in [-0.3, -0.25) is 14.8 Å². The van der Waals surface area contributed by atoms with E-state index in [1.54, 1.807) is 0 Å². The minimum Gasteiger partial charge on any atom is -0.445 e. The van der Waals surface area contributed by atoms with Crippen LogP contribution in [0.1, 0.15) is 24.0 Å². The number of carbonyl (C=O) groups excluding carboxylic acids is 1. The third kappa shape index (κ3) is 4.34. The Kier molecular flexibility index (Phi) is 5.88. The number of nitrogens with zero attached hydrogens (tertiary/aromatic N) is 3. The van der Waals surface area contributed by atoms with Crippen LogP contribution in [0, 0.1) is 0 Å². The zero-order valence-corrected chi connectivity index (χ0v) is 16.1. The summed E-state index contributed by atoms with van der Waals surface area (Å²) in [5, 5.41) is 0. The SMILES string of the molecule is O=C(OCc1ccccc1)N1CCOCC12CCN(Cc1ccncc1)CC2. The van der Waals surface area contributed by atoms with Gasteiger partial charge >= 0.3 is 6.09 Å². The van der Waals surface area contributed by atoms with Gasteiger partial charge in [0, 0.05) is 38.6 Å². The number of piperidine rings is 1. The fourth-order valence-electron chi connectivity index (χ4n) is 4.10. The molecule has 2 saturated heterocycles. The van der Waals surface area contributed by atoms with Crippen molar-refractivity contribution in [3.05, 3.63) is 66.0 Å². The van der Waals surface area contributed by atoms with E-state index in [0.29, 0.717) is 26.4 Å². The molecule has 148 valence electrons. The standard InChI is InChI=1S/C22H27N3O3/c26-21(28-17-20-4-2-1-3-5-20)25-14-15-27-18-22(25)8-12-24(13-9-22)16-19-6-10-23-11-7-19/h1-7,10-11H,8-9,12-18H2. The molecule has 0 radical (unpaired) electrons. The van der Waals surface area contributed by atoms with E-state index in [0.717, 1.165) is 38.0 Å². The quantitative estimate of drug-likeness (QED) is 0.815. The van der Waals surface area contributed by atoms with Gasteiger partial charge in [0.15, 0.2) is 0 Å². The lowest BCUT2D eigenvalue weighted by Gasteiger charge is -2.50. The number of rotatable bonds is 4. The van der Waals surface area contributed by atoms with Crippen molar-refractivity contribution >= 4 is 6.09 Å². The number of benzene rings is 1. The molecule has 2 aliphatic rings. The number of likely N-dealkylation sites (tertiary alicyclic amines) is 1. The van der Waals surface area contributed by atoms with Crippen molar-refractivity contribution in [2.24, 2.45) is 0 Å². The smallest absolute Gasteiger partial charge is 0.410 e. The van der Waals surface area contributed by atoms with Crippen molar-refractivity contribution < 1.29 is 14.3 Å². The Morgan fingerprint density at radius 1 is 1.04 bits per heavy atom. The van der Waals surface area contributed by atoms with Crippen LogP contribution in [0.2, 0.25) is 0 Å². The second-order valence-electron chi connectivity index (χ2n) is 7.60. The first-order valence-corrected chi connectivity index (χ1v) is 9.93. The van der Waals surface area contributed by atoms with Crippen LogP contribution in [0.5, 0.6) is 0 Å². The summed E-state index contributed by atoms with van der Waals surface area (Å²) < 4.78 is 11.4. The molecule has 4 rings (SSSR count). The normalized spacial score (nSPS) is 19.5. The molecule has 1 aromatic heterocycles. The lowest BCUT2D eigenvalue weighted by atomic mass is 9.85. The van der Waals surface area contributed by atoms with Gasteiger partial charge in [0.25, 0.3) is 0 Å². The highest BCUT2D eigenvalue weighted by atomic mass is 16.6. The number of morpholine rings is 1. The largest absolute Gasteiger partial charge is 0.445 e. The molecular weight excluding hydrogens is 354 g/mol. The maximum atomic E-state index is 12.8. The zero-order chi connectivity index (χ0) is 19.2. The van der Waals surface area contributed by atoms with Gasteiger partial charge in [0.2, 0.25) is 0 Å². The maximum absolute atomic E-state index is 12.8. The zero-order valence-electron chi connectivity index (χ0n) is 16.1. The summed E-state index contributed by atoms with van der Waals surface area (Å²) in [6, 6.07) is 13.9. The predicted octanol–water partition coefficient (Wildman–Crippen LogP) is 3.09. The van der Waals surface area contributed by atoms with E-state index in [1.165, 1.54) is 5.56 Å². The van der Waals surface area contributed by atoms with Crippen molar-refractivity contribution in [3.63, 3.8) is 0 Å². The van der Waals surface area contributed by atoms with Gasteiger partial charge in [-0.15, -0.1) is 0 Å². The summed E-state index contributed by atoms with van der Waals surface area (Å²) in [6.07, 6.45) is 5.24. The minimum absolute atomic E-state index is 0.227. The monoisotopic (exact) mass is 381 g/mol. The third-order valence-corrected chi connectivity index (χ3v) is 5.77. The molecule has 28 heavy (non-hydrogen) atoms. The van der Waals surface area contributed by atoms with Crippen LogP contribution in [0.15, 0.2) is 54.9 Å². The van der Waals surface area contributed by atoms with Gasteiger partial charge in [-0.25, -0.2) is 4.79 Å². The lowest BCUT2D eigenvalue weighted by Crippen LogP contribution is -2.63. The van der Waals surface area contributed by atoms with E-state index in [1.807, 2.05) is 47.6 Å². The molecule has 0 bridgehead atoms. The molecule has 0 unspecified atom stereocenters. The van der Waals surface area contributed by atoms with E-state index in [9.17, 15) is 4.79 Å². The molecule has 0 saturated carbocycles. The Balaban J connectivity index is 1.36. The first kappa shape index (κ1) is 18.9. The average molecular weight is 381 g/mol. The summed E-state index contributed by atoms with van der Waals surface area (Å²) >= 11 is 0. The molecule has 6 nitrogen and oxygen atoms in total. The van der Waals surface area contributed by atoms with Crippen molar-refractivity contribution in [2.75, 3.05) is 32.8 Å². The third-order valence-electron chi connectivity index (χ3n) is 5.77. The molecule has 1 amide bonds. The van der Waals surface area contributed by atoms with E-state index in [4.69, 9.17) is 9.47 Å². The number of ether oxygens (including phenoxy) is 2. The number of aromatic nitrogens is 1. The van der Waals surface area contributed by atoms with E-state index in [-0.39, 0.29) is 11.6 Å². The number of carbonyl (C=O) groups is 1. The van der Waals surface area contributed by atoms with Crippen LogP contribution in [0.3, 0.4) is 0 Å². The molecule has 1 spiro atoms. The fraction of sp³-hybridized carbons (Fsp3) is 0.455. The Morgan fingerprint density at radius 3 is 2.54 bits per heavy atom. The summed E-state index contributed by atoms with van der Waals surface area (Å²) in [5.41, 5.74) is 2.02. The minimum atomic E-state index is -0.249. The van der Waals surface area contributed by atoms with Gasteiger partial charge in [-0.2, -0.15) is 0 Å². The van der Waals surface area contributed by atoms with Crippen LogP contribution in [0.25, 0.3) is 0 Å². The molecule has 3 heterocycles. The van der Waals surface area contributed by atoms with Gasteiger partial charge in [0.05, 0.1) is 18.8 Å². The first-order valence-electron chi connectivity index (χ1n) is 9.93. The Labute approximate surface area is 166 Å².